The highest BCUT2D eigenvalue weighted by Crippen LogP contribution is 2.29. The summed E-state index contributed by atoms with van der Waals surface area (Å²) >= 11 is 0. The van der Waals surface area contributed by atoms with Crippen molar-refractivity contribution in [2.75, 3.05) is 0 Å². The van der Waals surface area contributed by atoms with Crippen LogP contribution in [0.25, 0.3) is 0 Å². The van der Waals surface area contributed by atoms with Crippen molar-refractivity contribution in [3.63, 3.8) is 0 Å². The number of hydrogen-bond donors (Lipinski definition) is 3. The molecule has 2 atom stereocenters. The number of unbranched alkanes of at least 4 members (excludes halogenated alkanes) is 1. The summed E-state index contributed by atoms with van der Waals surface area (Å²) in [7, 11) is 0. The van der Waals surface area contributed by atoms with E-state index in [1.54, 1.807) is 6.07 Å². The van der Waals surface area contributed by atoms with Gasteiger partial charge in [0, 0.05) is 5.56 Å². The van der Waals surface area contributed by atoms with Gasteiger partial charge in [-0.05, 0) is 18.9 Å². The highest BCUT2D eigenvalue weighted by Gasteiger charge is 2.19. The topological polar surface area (TPSA) is 66.5 Å². The number of para-hydroxylation sites is 1. The molecule has 0 saturated carbocycles. The summed E-state index contributed by atoms with van der Waals surface area (Å²) < 4.78 is 0. The minimum absolute atomic E-state index is 0.200. The van der Waals surface area contributed by atoms with E-state index in [0.717, 1.165) is 18.4 Å². The van der Waals surface area contributed by atoms with Gasteiger partial charge in [-0.15, -0.1) is 0 Å². The Kier molecular flexibility index (Phi) is 4.77. The van der Waals surface area contributed by atoms with Crippen LogP contribution in [-0.2, 0) is 0 Å². The van der Waals surface area contributed by atoms with Gasteiger partial charge in [-0.3, -0.25) is 0 Å². The minimum atomic E-state index is -0.590. The minimum Gasteiger partial charge on any atom is -0.507 e. The molecule has 1 rings (SSSR count). The van der Waals surface area contributed by atoms with Crippen molar-refractivity contribution in [1.29, 1.82) is 0 Å². The van der Waals surface area contributed by atoms with Crippen LogP contribution in [0.3, 0.4) is 0 Å². The molecule has 3 heteroatoms. The van der Waals surface area contributed by atoms with Crippen molar-refractivity contribution in [2.45, 2.75) is 45.3 Å². The number of aryl methyl sites for hydroxylation is 1. The molecule has 0 heterocycles. The molecule has 0 radical (unpaired) electrons. The molecule has 0 saturated heterocycles. The molecular formula is C13H21NO2. The van der Waals surface area contributed by atoms with Gasteiger partial charge in [-0.2, -0.15) is 0 Å². The Bertz CT molecular complexity index is 339. The smallest absolute Gasteiger partial charge is 0.123 e. The molecule has 0 unspecified atom stereocenters. The van der Waals surface area contributed by atoms with E-state index >= 15 is 0 Å². The van der Waals surface area contributed by atoms with E-state index in [-0.39, 0.29) is 5.75 Å². The zero-order chi connectivity index (χ0) is 12.1. The first-order chi connectivity index (χ1) is 7.57. The standard InChI is InChI=1S/C13H21NO2/c1-3-4-8-11(15)12(14)10-7-5-6-9(2)13(10)16/h5-7,11-12,15-16H,3-4,8,14H2,1-2H3/t11-,12+/m0/s1. The third-order valence-corrected chi connectivity index (χ3v) is 2.90. The van der Waals surface area contributed by atoms with Crippen molar-refractivity contribution in [1.82, 2.24) is 0 Å². The summed E-state index contributed by atoms with van der Waals surface area (Å²) in [4.78, 5) is 0. The van der Waals surface area contributed by atoms with Crippen LogP contribution in [0, 0.1) is 6.92 Å². The Balaban J connectivity index is 2.79. The lowest BCUT2D eigenvalue weighted by Gasteiger charge is -2.20. The predicted octanol–water partition coefficient (Wildman–Crippen LogP) is 2.25. The second-order valence-electron chi connectivity index (χ2n) is 4.25. The number of aliphatic hydroxyl groups is 1. The quantitative estimate of drug-likeness (QED) is 0.717. The van der Waals surface area contributed by atoms with Gasteiger partial charge in [0.05, 0.1) is 12.1 Å². The van der Waals surface area contributed by atoms with Crippen molar-refractivity contribution < 1.29 is 10.2 Å². The Morgan fingerprint density at radius 2 is 2.06 bits per heavy atom. The van der Waals surface area contributed by atoms with Crippen LogP contribution in [0.5, 0.6) is 5.75 Å². The number of aliphatic hydroxyl groups excluding tert-OH is 1. The molecule has 4 N–H and O–H groups in total. The van der Waals surface area contributed by atoms with E-state index in [2.05, 4.69) is 6.92 Å². The molecule has 0 bridgehead atoms. The number of rotatable bonds is 5. The number of benzene rings is 1. The van der Waals surface area contributed by atoms with Crippen LogP contribution < -0.4 is 5.73 Å². The number of phenolic OH excluding ortho intramolecular Hbond substituents is 1. The third-order valence-electron chi connectivity index (χ3n) is 2.90. The normalized spacial score (nSPS) is 14.8. The first-order valence-corrected chi connectivity index (χ1v) is 5.80. The number of aromatic hydroxyl groups is 1. The molecule has 3 nitrogen and oxygen atoms in total. The molecule has 0 spiro atoms. The first-order valence-electron chi connectivity index (χ1n) is 5.80. The van der Waals surface area contributed by atoms with Crippen molar-refractivity contribution in [3.8, 4) is 5.75 Å². The van der Waals surface area contributed by atoms with Gasteiger partial charge in [0.2, 0.25) is 0 Å². The molecule has 90 valence electrons. The fourth-order valence-corrected chi connectivity index (χ4v) is 1.75. The highest BCUT2D eigenvalue weighted by molar-refractivity contribution is 5.41. The lowest BCUT2D eigenvalue weighted by atomic mass is 9.96. The summed E-state index contributed by atoms with van der Waals surface area (Å²) in [6, 6.07) is 4.93. The Labute approximate surface area is 96.9 Å². The number of nitrogens with two attached hydrogens (primary N) is 1. The maximum atomic E-state index is 9.88. The maximum Gasteiger partial charge on any atom is 0.123 e. The van der Waals surface area contributed by atoms with Gasteiger partial charge in [0.25, 0.3) is 0 Å². The van der Waals surface area contributed by atoms with E-state index in [9.17, 15) is 10.2 Å². The molecule has 0 fully saturated rings. The zero-order valence-electron chi connectivity index (χ0n) is 9.98. The van der Waals surface area contributed by atoms with Gasteiger partial charge >= 0.3 is 0 Å². The lowest BCUT2D eigenvalue weighted by Crippen LogP contribution is -2.26. The van der Waals surface area contributed by atoms with Gasteiger partial charge in [-0.25, -0.2) is 0 Å². The van der Waals surface area contributed by atoms with E-state index in [4.69, 9.17) is 5.73 Å². The second-order valence-corrected chi connectivity index (χ2v) is 4.25. The average molecular weight is 223 g/mol. The van der Waals surface area contributed by atoms with E-state index in [1.165, 1.54) is 0 Å². The van der Waals surface area contributed by atoms with E-state index in [1.807, 2.05) is 19.1 Å². The van der Waals surface area contributed by atoms with Crippen LogP contribution in [0.4, 0.5) is 0 Å². The summed E-state index contributed by atoms with van der Waals surface area (Å²) in [6.07, 6.45) is 2.06. The van der Waals surface area contributed by atoms with E-state index < -0.39 is 12.1 Å². The van der Waals surface area contributed by atoms with Gasteiger partial charge < -0.3 is 15.9 Å². The van der Waals surface area contributed by atoms with Gasteiger partial charge in [0.15, 0.2) is 0 Å². The number of hydrogen-bond acceptors (Lipinski definition) is 3. The maximum absolute atomic E-state index is 9.88. The molecule has 0 aliphatic carbocycles. The van der Waals surface area contributed by atoms with Gasteiger partial charge in [0.1, 0.15) is 5.75 Å². The van der Waals surface area contributed by atoms with Gasteiger partial charge in [-0.1, -0.05) is 38.0 Å². The molecule has 16 heavy (non-hydrogen) atoms. The molecular weight excluding hydrogens is 202 g/mol. The van der Waals surface area contributed by atoms with Crippen LogP contribution in [0.1, 0.15) is 43.4 Å². The molecule has 1 aromatic rings. The predicted molar refractivity (Wildman–Crippen MR) is 65.3 cm³/mol. The fraction of sp³-hybridized carbons (Fsp3) is 0.538. The third kappa shape index (κ3) is 2.97. The summed E-state index contributed by atoms with van der Waals surface area (Å²) in [5, 5.41) is 19.7. The second kappa shape index (κ2) is 5.87. The lowest BCUT2D eigenvalue weighted by molar-refractivity contribution is 0.131. The molecule has 1 aromatic carbocycles. The molecule has 0 aromatic heterocycles. The number of phenols is 1. The largest absolute Gasteiger partial charge is 0.507 e. The van der Waals surface area contributed by atoms with Crippen LogP contribution >= 0.6 is 0 Å². The van der Waals surface area contributed by atoms with Crippen molar-refractivity contribution >= 4 is 0 Å². The molecule has 0 aliphatic rings. The first kappa shape index (κ1) is 13.0. The van der Waals surface area contributed by atoms with Crippen LogP contribution in [0.15, 0.2) is 18.2 Å². The van der Waals surface area contributed by atoms with Crippen LogP contribution in [-0.4, -0.2) is 16.3 Å². The Morgan fingerprint density at radius 1 is 1.38 bits per heavy atom. The average Bonchev–Trinajstić information content (AvgIpc) is 2.28. The summed E-state index contributed by atoms with van der Waals surface area (Å²) in [6.45, 7) is 3.90. The summed E-state index contributed by atoms with van der Waals surface area (Å²) in [5.41, 5.74) is 7.35. The molecule has 0 amide bonds. The SMILES string of the molecule is CCCC[C@H](O)[C@H](N)c1cccc(C)c1O. The highest BCUT2D eigenvalue weighted by atomic mass is 16.3. The Morgan fingerprint density at radius 3 is 2.69 bits per heavy atom. The van der Waals surface area contributed by atoms with Crippen LogP contribution in [0.2, 0.25) is 0 Å². The van der Waals surface area contributed by atoms with Crippen molar-refractivity contribution in [2.24, 2.45) is 5.73 Å². The Hall–Kier alpha value is -1.06. The zero-order valence-corrected chi connectivity index (χ0v) is 9.98. The van der Waals surface area contributed by atoms with E-state index in [0.29, 0.717) is 12.0 Å². The monoisotopic (exact) mass is 223 g/mol. The molecule has 0 aliphatic heterocycles. The fourth-order valence-electron chi connectivity index (χ4n) is 1.75. The summed E-state index contributed by atoms with van der Waals surface area (Å²) in [5.74, 6) is 0.200. The van der Waals surface area contributed by atoms with Crippen molar-refractivity contribution in [3.05, 3.63) is 29.3 Å².